The molecule has 0 N–H and O–H groups in total. The van der Waals surface area contributed by atoms with Crippen molar-refractivity contribution in [2.24, 2.45) is 17.8 Å². The predicted molar refractivity (Wildman–Crippen MR) is 163 cm³/mol. The van der Waals surface area contributed by atoms with E-state index in [1.54, 1.807) is 0 Å². The minimum Gasteiger partial charge on any atom is -0.310 e. The van der Waals surface area contributed by atoms with Crippen LogP contribution in [0.5, 0.6) is 0 Å². The lowest BCUT2D eigenvalue weighted by molar-refractivity contribution is -0.00516. The first kappa shape index (κ1) is 26.0. The van der Waals surface area contributed by atoms with Gasteiger partial charge >= 0.3 is 0 Å². The summed E-state index contributed by atoms with van der Waals surface area (Å²) in [6.07, 6.45) is 8.41. The zero-order valence-electron chi connectivity index (χ0n) is 24.2. The van der Waals surface area contributed by atoms with Gasteiger partial charge in [0.2, 0.25) is 0 Å². The van der Waals surface area contributed by atoms with Crippen molar-refractivity contribution in [2.75, 3.05) is 4.90 Å². The van der Waals surface area contributed by atoms with Crippen LogP contribution < -0.4 is 4.90 Å². The van der Waals surface area contributed by atoms with Gasteiger partial charge in [-0.05, 0) is 132 Å². The maximum Gasteiger partial charge on any atom is 0.0479 e. The summed E-state index contributed by atoms with van der Waals surface area (Å²) >= 11 is 6.95. The highest BCUT2D eigenvalue weighted by atomic mass is 35.5. The third kappa shape index (κ3) is 4.81. The molecule has 3 aromatic rings. The average molecular weight is 526 g/mol. The first-order valence-corrected chi connectivity index (χ1v) is 15.1. The Hall–Kier alpha value is -2.25. The summed E-state index contributed by atoms with van der Waals surface area (Å²) in [5.41, 5.74) is 8.28. The molecule has 0 radical (unpaired) electrons. The monoisotopic (exact) mass is 525 g/mol. The van der Waals surface area contributed by atoms with Crippen LogP contribution in [0.1, 0.15) is 96.8 Å². The molecule has 0 aliphatic heterocycles. The van der Waals surface area contributed by atoms with E-state index in [-0.39, 0.29) is 10.8 Å². The molecule has 3 aromatic carbocycles. The fourth-order valence-corrected chi connectivity index (χ4v) is 8.37. The first-order valence-electron chi connectivity index (χ1n) is 14.7. The largest absolute Gasteiger partial charge is 0.310 e. The molecular formula is C36H44ClN. The van der Waals surface area contributed by atoms with Crippen molar-refractivity contribution < 1.29 is 0 Å². The van der Waals surface area contributed by atoms with Gasteiger partial charge in [-0.25, -0.2) is 0 Å². The van der Waals surface area contributed by atoms with E-state index in [1.165, 1.54) is 72.3 Å². The van der Waals surface area contributed by atoms with Gasteiger partial charge in [0.25, 0.3) is 0 Å². The zero-order valence-corrected chi connectivity index (χ0v) is 24.9. The molecule has 4 saturated carbocycles. The van der Waals surface area contributed by atoms with Crippen LogP contribution in [0.2, 0.25) is 5.02 Å². The molecule has 1 nitrogen and oxygen atoms in total. The molecule has 4 fully saturated rings. The summed E-state index contributed by atoms with van der Waals surface area (Å²) in [7, 11) is 0. The Labute approximate surface area is 235 Å². The van der Waals surface area contributed by atoms with Crippen molar-refractivity contribution in [1.82, 2.24) is 0 Å². The van der Waals surface area contributed by atoms with Crippen LogP contribution >= 0.6 is 11.6 Å². The fraction of sp³-hybridized carbons (Fsp3) is 0.500. The Balaban J connectivity index is 1.45. The third-order valence-electron chi connectivity index (χ3n) is 9.77. The molecule has 0 unspecified atom stereocenters. The number of nitrogens with zero attached hydrogens (tertiary/aromatic N) is 1. The molecule has 4 aliphatic rings. The predicted octanol–water partition coefficient (Wildman–Crippen LogP) is 10.9. The van der Waals surface area contributed by atoms with E-state index < -0.39 is 0 Å². The summed E-state index contributed by atoms with van der Waals surface area (Å²) < 4.78 is 0. The average Bonchev–Trinajstić information content (AvgIpc) is 2.83. The number of hydrogen-bond acceptors (Lipinski definition) is 1. The van der Waals surface area contributed by atoms with Crippen molar-refractivity contribution in [3.05, 3.63) is 88.4 Å². The van der Waals surface area contributed by atoms with Crippen molar-refractivity contribution in [3.8, 4) is 0 Å². The van der Waals surface area contributed by atoms with Gasteiger partial charge in [-0.15, -0.1) is 0 Å². The number of benzene rings is 3. The van der Waals surface area contributed by atoms with Crippen LogP contribution in [0.4, 0.5) is 17.1 Å². The van der Waals surface area contributed by atoms with E-state index in [9.17, 15) is 0 Å². The third-order valence-corrected chi connectivity index (χ3v) is 9.99. The molecule has 0 spiro atoms. The van der Waals surface area contributed by atoms with Gasteiger partial charge in [0.15, 0.2) is 0 Å². The standard InChI is InChI=1S/C36H44ClN/c1-34(2,3)27-7-11-31(12-8-27)38(32-13-9-28(10-14-32)35(4,5)6)33-19-29(18-30(37)20-33)36-21-24-15-25(22-36)17-26(16-24)23-36/h7-14,18-20,24-26H,15-17,21-23H2,1-6H3. The smallest absolute Gasteiger partial charge is 0.0479 e. The molecule has 0 amide bonds. The van der Waals surface area contributed by atoms with Gasteiger partial charge in [0, 0.05) is 22.1 Å². The van der Waals surface area contributed by atoms with Crippen LogP contribution in [0.25, 0.3) is 0 Å². The van der Waals surface area contributed by atoms with E-state index in [2.05, 4.69) is 113 Å². The zero-order chi connectivity index (χ0) is 26.9. The summed E-state index contributed by atoms with van der Waals surface area (Å²) in [5.74, 6) is 2.74. The highest BCUT2D eigenvalue weighted by Gasteiger charge is 2.51. The van der Waals surface area contributed by atoms with Gasteiger partial charge in [-0.2, -0.15) is 0 Å². The van der Waals surface area contributed by atoms with E-state index in [0.717, 1.165) is 22.8 Å². The lowest BCUT2D eigenvalue weighted by atomic mass is 9.48. The maximum atomic E-state index is 6.95. The number of hydrogen-bond donors (Lipinski definition) is 0. The number of halogens is 1. The highest BCUT2D eigenvalue weighted by molar-refractivity contribution is 6.31. The molecule has 0 heterocycles. The SMILES string of the molecule is CC(C)(C)c1ccc(N(c2ccc(C(C)(C)C)cc2)c2cc(Cl)cc(C34CC5CC(CC(C5)C3)C4)c2)cc1. The fourth-order valence-electron chi connectivity index (χ4n) is 8.14. The second-order valence-electron chi connectivity index (χ2n) is 14.8. The molecule has 2 heteroatoms. The second-order valence-corrected chi connectivity index (χ2v) is 15.3. The van der Waals surface area contributed by atoms with Gasteiger partial charge in [-0.1, -0.05) is 77.4 Å². The van der Waals surface area contributed by atoms with Gasteiger partial charge in [-0.3, -0.25) is 0 Å². The minimum absolute atomic E-state index is 0.124. The Morgan fingerprint density at radius 1 is 0.605 bits per heavy atom. The van der Waals surface area contributed by atoms with Gasteiger partial charge in [0.05, 0.1) is 0 Å². The van der Waals surface area contributed by atoms with Crippen LogP contribution in [-0.2, 0) is 16.2 Å². The molecule has 0 aromatic heterocycles. The van der Waals surface area contributed by atoms with Crippen LogP contribution in [-0.4, -0.2) is 0 Å². The molecule has 0 atom stereocenters. The molecule has 7 rings (SSSR count). The molecule has 0 saturated heterocycles. The van der Waals surface area contributed by atoms with Crippen molar-refractivity contribution in [3.63, 3.8) is 0 Å². The topological polar surface area (TPSA) is 3.24 Å². The quantitative estimate of drug-likeness (QED) is 0.327. The van der Waals surface area contributed by atoms with E-state index in [0.29, 0.717) is 5.41 Å². The van der Waals surface area contributed by atoms with Crippen LogP contribution in [0.3, 0.4) is 0 Å². The molecule has 4 aliphatic carbocycles. The van der Waals surface area contributed by atoms with Gasteiger partial charge in [0.1, 0.15) is 0 Å². The maximum absolute atomic E-state index is 6.95. The minimum atomic E-state index is 0.124. The lowest BCUT2D eigenvalue weighted by Gasteiger charge is -2.57. The number of rotatable bonds is 4. The van der Waals surface area contributed by atoms with Crippen molar-refractivity contribution in [2.45, 2.75) is 96.3 Å². The Morgan fingerprint density at radius 2 is 1.03 bits per heavy atom. The van der Waals surface area contributed by atoms with Crippen molar-refractivity contribution >= 4 is 28.7 Å². The Bertz CT molecular complexity index is 1210. The normalized spacial score (nSPS) is 26.6. The Morgan fingerprint density at radius 3 is 1.42 bits per heavy atom. The Kier molecular flexibility index (Phi) is 6.26. The molecule has 38 heavy (non-hydrogen) atoms. The molecule has 4 bridgehead atoms. The first-order chi connectivity index (χ1) is 17.9. The lowest BCUT2D eigenvalue weighted by Crippen LogP contribution is -2.48. The van der Waals surface area contributed by atoms with E-state index in [1.807, 2.05) is 0 Å². The summed E-state index contributed by atoms with van der Waals surface area (Å²) in [6, 6.07) is 25.2. The van der Waals surface area contributed by atoms with E-state index >= 15 is 0 Å². The molecule has 200 valence electrons. The molecular weight excluding hydrogens is 482 g/mol. The second kappa shape index (κ2) is 9.16. The van der Waals surface area contributed by atoms with Crippen molar-refractivity contribution in [1.29, 1.82) is 0 Å². The van der Waals surface area contributed by atoms with Crippen LogP contribution in [0.15, 0.2) is 66.7 Å². The summed E-state index contributed by atoms with van der Waals surface area (Å²) in [5, 5.41) is 0.857. The summed E-state index contributed by atoms with van der Waals surface area (Å²) in [6.45, 7) is 13.7. The van der Waals surface area contributed by atoms with E-state index in [4.69, 9.17) is 11.6 Å². The highest BCUT2D eigenvalue weighted by Crippen LogP contribution is 2.61. The number of anilines is 3. The van der Waals surface area contributed by atoms with Crippen LogP contribution in [0, 0.1) is 17.8 Å². The summed E-state index contributed by atoms with van der Waals surface area (Å²) in [4.78, 5) is 2.41. The van der Waals surface area contributed by atoms with Gasteiger partial charge < -0.3 is 4.90 Å².